The van der Waals surface area contributed by atoms with E-state index in [1.165, 1.54) is 0 Å². The van der Waals surface area contributed by atoms with Crippen molar-refractivity contribution in [2.75, 3.05) is 11.5 Å². The molecule has 6 heteroatoms. The first kappa shape index (κ1) is 12.8. The molecular formula is C13H18N2O3S. The lowest BCUT2D eigenvalue weighted by Crippen LogP contribution is -2.29. The standard InChI is InChI=1S/C13H18N2O3S/c1-13(2)5-11-10(12(16)6-13)7-14-15(11)9-3-4-19(17,18)8-9/h7,9H,3-6,8H2,1-2H3. The Hall–Kier alpha value is -1.17. The van der Waals surface area contributed by atoms with Crippen molar-refractivity contribution in [3.8, 4) is 0 Å². The number of rotatable bonds is 1. The fraction of sp³-hybridized carbons (Fsp3) is 0.692. The molecule has 1 atom stereocenters. The number of aromatic nitrogens is 2. The number of carbonyl (C=O) groups is 1. The molecule has 1 unspecified atom stereocenters. The Labute approximate surface area is 112 Å². The fourth-order valence-corrected chi connectivity index (χ4v) is 4.82. The second-order valence-electron chi connectivity index (χ2n) is 6.45. The summed E-state index contributed by atoms with van der Waals surface area (Å²) in [5.74, 6) is 0.498. The molecule has 19 heavy (non-hydrogen) atoms. The number of hydrogen-bond acceptors (Lipinski definition) is 4. The maximum Gasteiger partial charge on any atom is 0.166 e. The van der Waals surface area contributed by atoms with Gasteiger partial charge in [-0.25, -0.2) is 8.42 Å². The van der Waals surface area contributed by atoms with Gasteiger partial charge in [0.15, 0.2) is 15.6 Å². The molecule has 1 aliphatic heterocycles. The summed E-state index contributed by atoms with van der Waals surface area (Å²) in [6.45, 7) is 4.13. The second kappa shape index (κ2) is 3.91. The average Bonchev–Trinajstić information content (AvgIpc) is 2.79. The zero-order chi connectivity index (χ0) is 13.8. The smallest absolute Gasteiger partial charge is 0.166 e. The van der Waals surface area contributed by atoms with Gasteiger partial charge in [-0.1, -0.05) is 13.8 Å². The van der Waals surface area contributed by atoms with Gasteiger partial charge in [-0.2, -0.15) is 5.10 Å². The van der Waals surface area contributed by atoms with E-state index in [9.17, 15) is 13.2 Å². The molecule has 0 N–H and O–H groups in total. The fourth-order valence-electron chi connectivity index (χ4n) is 3.13. The van der Waals surface area contributed by atoms with E-state index < -0.39 is 9.84 Å². The third kappa shape index (κ3) is 2.22. The average molecular weight is 282 g/mol. The first-order chi connectivity index (χ1) is 8.77. The van der Waals surface area contributed by atoms with Gasteiger partial charge in [-0.15, -0.1) is 0 Å². The van der Waals surface area contributed by atoms with E-state index in [2.05, 4.69) is 18.9 Å². The summed E-state index contributed by atoms with van der Waals surface area (Å²) in [6, 6.07) is -0.101. The van der Waals surface area contributed by atoms with Crippen LogP contribution < -0.4 is 0 Å². The number of ketones is 1. The second-order valence-corrected chi connectivity index (χ2v) is 8.68. The topological polar surface area (TPSA) is 69.0 Å². The molecule has 1 aliphatic carbocycles. The summed E-state index contributed by atoms with van der Waals surface area (Å²) in [5.41, 5.74) is 1.53. The van der Waals surface area contributed by atoms with E-state index in [-0.39, 0.29) is 28.7 Å². The van der Waals surface area contributed by atoms with Gasteiger partial charge in [0.1, 0.15) is 0 Å². The summed E-state index contributed by atoms with van der Waals surface area (Å²) < 4.78 is 25.0. The van der Waals surface area contributed by atoms with Crippen LogP contribution in [0, 0.1) is 5.41 Å². The molecule has 0 saturated carbocycles. The van der Waals surface area contributed by atoms with E-state index >= 15 is 0 Å². The molecule has 1 aromatic heterocycles. The number of hydrogen-bond donors (Lipinski definition) is 0. The van der Waals surface area contributed by atoms with E-state index in [0.717, 1.165) is 12.1 Å². The van der Waals surface area contributed by atoms with E-state index in [1.807, 2.05) is 0 Å². The van der Waals surface area contributed by atoms with Crippen LogP contribution in [0.5, 0.6) is 0 Å². The van der Waals surface area contributed by atoms with Gasteiger partial charge in [0.25, 0.3) is 0 Å². The van der Waals surface area contributed by atoms with Crippen LogP contribution in [-0.4, -0.2) is 35.5 Å². The van der Waals surface area contributed by atoms with E-state index in [0.29, 0.717) is 18.4 Å². The summed E-state index contributed by atoms with van der Waals surface area (Å²) in [5, 5.41) is 4.29. The summed E-state index contributed by atoms with van der Waals surface area (Å²) >= 11 is 0. The van der Waals surface area contributed by atoms with Crippen LogP contribution in [0.15, 0.2) is 6.20 Å². The number of nitrogens with zero attached hydrogens (tertiary/aromatic N) is 2. The highest BCUT2D eigenvalue weighted by molar-refractivity contribution is 7.91. The molecule has 1 saturated heterocycles. The quantitative estimate of drug-likeness (QED) is 0.780. The molecule has 2 heterocycles. The highest BCUT2D eigenvalue weighted by Crippen LogP contribution is 2.36. The number of sulfone groups is 1. The molecule has 0 aromatic carbocycles. The highest BCUT2D eigenvalue weighted by atomic mass is 32.2. The Morgan fingerprint density at radius 1 is 1.37 bits per heavy atom. The third-order valence-corrected chi connectivity index (χ3v) is 5.79. The Morgan fingerprint density at radius 3 is 2.74 bits per heavy atom. The van der Waals surface area contributed by atoms with Crippen molar-refractivity contribution in [1.82, 2.24) is 9.78 Å². The van der Waals surface area contributed by atoms with Crippen molar-refractivity contribution < 1.29 is 13.2 Å². The van der Waals surface area contributed by atoms with Crippen molar-refractivity contribution in [2.45, 2.75) is 39.2 Å². The van der Waals surface area contributed by atoms with Crippen LogP contribution in [0.1, 0.15) is 48.8 Å². The van der Waals surface area contributed by atoms with Crippen molar-refractivity contribution in [3.05, 3.63) is 17.5 Å². The maximum atomic E-state index is 12.1. The van der Waals surface area contributed by atoms with Gasteiger partial charge in [0.2, 0.25) is 0 Å². The minimum atomic E-state index is -2.94. The van der Waals surface area contributed by atoms with E-state index in [1.54, 1.807) is 10.9 Å². The maximum absolute atomic E-state index is 12.1. The molecule has 0 amide bonds. The number of Topliss-reactive ketones (excluding diaryl/α,β-unsaturated/α-hetero) is 1. The third-order valence-electron chi connectivity index (χ3n) is 4.04. The lowest BCUT2D eigenvalue weighted by Gasteiger charge is -2.29. The van der Waals surface area contributed by atoms with Gasteiger partial charge in [-0.3, -0.25) is 9.48 Å². The molecule has 0 spiro atoms. The monoisotopic (exact) mass is 282 g/mol. The van der Waals surface area contributed by atoms with Crippen molar-refractivity contribution in [3.63, 3.8) is 0 Å². The number of fused-ring (bicyclic) bond motifs is 1. The van der Waals surface area contributed by atoms with Gasteiger partial charge in [0, 0.05) is 6.42 Å². The van der Waals surface area contributed by atoms with Crippen LogP contribution >= 0.6 is 0 Å². The molecule has 5 nitrogen and oxygen atoms in total. The molecule has 104 valence electrons. The van der Waals surface area contributed by atoms with Gasteiger partial charge < -0.3 is 0 Å². The van der Waals surface area contributed by atoms with Crippen LogP contribution in [-0.2, 0) is 16.3 Å². The molecule has 0 bridgehead atoms. The van der Waals surface area contributed by atoms with Gasteiger partial charge >= 0.3 is 0 Å². The Morgan fingerprint density at radius 2 is 2.11 bits per heavy atom. The molecule has 3 rings (SSSR count). The summed E-state index contributed by atoms with van der Waals surface area (Å²) in [6.07, 6.45) is 3.53. The lowest BCUT2D eigenvalue weighted by atomic mass is 9.76. The lowest BCUT2D eigenvalue weighted by molar-refractivity contribution is 0.0909. The number of carbonyl (C=O) groups excluding carboxylic acids is 1. The zero-order valence-corrected chi connectivity index (χ0v) is 12.0. The Balaban J connectivity index is 2.00. The normalized spacial score (nSPS) is 28.3. The Kier molecular flexibility index (Phi) is 2.64. The molecule has 1 fully saturated rings. The van der Waals surface area contributed by atoms with E-state index in [4.69, 9.17) is 0 Å². The van der Waals surface area contributed by atoms with Crippen LogP contribution in [0.25, 0.3) is 0 Å². The predicted octanol–water partition coefficient (Wildman–Crippen LogP) is 1.40. The molecule has 1 aromatic rings. The zero-order valence-electron chi connectivity index (χ0n) is 11.2. The molecule has 2 aliphatic rings. The van der Waals surface area contributed by atoms with Gasteiger partial charge in [-0.05, 0) is 18.3 Å². The SMILES string of the molecule is CC1(C)CC(=O)c2cnn(C3CCS(=O)(=O)C3)c2C1. The minimum absolute atomic E-state index is 0.0701. The minimum Gasteiger partial charge on any atom is -0.294 e. The summed E-state index contributed by atoms with van der Waals surface area (Å²) in [7, 11) is -2.94. The van der Waals surface area contributed by atoms with Crippen molar-refractivity contribution >= 4 is 15.6 Å². The molecular weight excluding hydrogens is 264 g/mol. The largest absolute Gasteiger partial charge is 0.294 e. The first-order valence-corrected chi connectivity index (χ1v) is 8.40. The Bertz CT molecular complexity index is 643. The molecule has 0 radical (unpaired) electrons. The van der Waals surface area contributed by atoms with Crippen LogP contribution in [0.3, 0.4) is 0 Å². The van der Waals surface area contributed by atoms with Crippen molar-refractivity contribution in [1.29, 1.82) is 0 Å². The van der Waals surface area contributed by atoms with Crippen molar-refractivity contribution in [2.24, 2.45) is 5.41 Å². The van der Waals surface area contributed by atoms with Crippen LogP contribution in [0.2, 0.25) is 0 Å². The summed E-state index contributed by atoms with van der Waals surface area (Å²) in [4.78, 5) is 12.1. The van der Waals surface area contributed by atoms with Crippen LogP contribution in [0.4, 0.5) is 0 Å². The van der Waals surface area contributed by atoms with Gasteiger partial charge in [0.05, 0.1) is 35.0 Å². The highest BCUT2D eigenvalue weighted by Gasteiger charge is 2.37. The predicted molar refractivity (Wildman–Crippen MR) is 71.0 cm³/mol. The first-order valence-electron chi connectivity index (χ1n) is 6.57.